The van der Waals surface area contributed by atoms with Crippen LogP contribution in [0.25, 0.3) is 83.4 Å². The minimum Gasteiger partial charge on any atom is -0.455 e. The molecule has 3 heteroatoms. The lowest BCUT2D eigenvalue weighted by Crippen LogP contribution is -2.25. The van der Waals surface area contributed by atoms with Crippen molar-refractivity contribution < 1.29 is 4.42 Å². The molecule has 244 valence electrons. The molecule has 0 bridgehead atoms. The molecule has 10 aromatic rings. The van der Waals surface area contributed by atoms with E-state index in [4.69, 9.17) is 9.40 Å². The number of imidazole rings is 1. The summed E-state index contributed by atoms with van der Waals surface area (Å²) >= 11 is 0. The van der Waals surface area contributed by atoms with E-state index in [1.807, 2.05) is 24.3 Å². The van der Waals surface area contributed by atoms with Crippen molar-refractivity contribution in [2.75, 3.05) is 0 Å². The van der Waals surface area contributed by atoms with Crippen molar-refractivity contribution in [2.45, 2.75) is 5.41 Å². The van der Waals surface area contributed by atoms with Gasteiger partial charge in [-0.05, 0) is 86.5 Å². The van der Waals surface area contributed by atoms with Crippen molar-refractivity contribution in [1.29, 1.82) is 0 Å². The van der Waals surface area contributed by atoms with E-state index < -0.39 is 5.41 Å². The predicted molar refractivity (Wildman–Crippen MR) is 213 cm³/mol. The molecule has 2 aliphatic rings. The van der Waals surface area contributed by atoms with Crippen molar-refractivity contribution >= 4 is 33.0 Å². The minimum atomic E-state index is -0.392. The highest BCUT2D eigenvalue weighted by molar-refractivity contribution is 6.13. The van der Waals surface area contributed by atoms with Crippen LogP contribution in [0.4, 0.5) is 0 Å². The maximum Gasteiger partial charge on any atom is 0.145 e. The highest BCUT2D eigenvalue weighted by atomic mass is 16.3. The molecule has 0 amide bonds. The van der Waals surface area contributed by atoms with Gasteiger partial charge in [-0.2, -0.15) is 0 Å². The summed E-state index contributed by atoms with van der Waals surface area (Å²) < 4.78 is 9.06. The van der Waals surface area contributed by atoms with E-state index in [0.29, 0.717) is 0 Å². The fraction of sp³-hybridized carbons (Fsp3) is 0.0200. The maximum atomic E-state index is 6.87. The fourth-order valence-electron chi connectivity index (χ4n) is 9.36. The Labute approximate surface area is 306 Å². The van der Waals surface area contributed by atoms with E-state index in [1.54, 1.807) is 0 Å². The third kappa shape index (κ3) is 3.72. The van der Waals surface area contributed by atoms with E-state index in [1.165, 1.54) is 44.5 Å². The Hall–Kier alpha value is -7.15. The SMILES string of the molecule is c1ccc(-n2c(-c3ccc(-c4ccc5oc6c7c(ccc6c5c4)C4(c5ccccc5-c5ccccc54)c4ccccc4-7)cc3)nc3ccccc32)cc#1. The number of fused-ring (bicyclic) bond motifs is 15. The first-order valence-corrected chi connectivity index (χ1v) is 18.0. The van der Waals surface area contributed by atoms with Gasteiger partial charge in [-0.15, -0.1) is 0 Å². The van der Waals surface area contributed by atoms with Gasteiger partial charge < -0.3 is 4.42 Å². The third-order valence-electron chi connectivity index (χ3n) is 11.5. The standard InChI is InChI=1S/C50H28N2O/c1-2-12-34(13-3-1)52-45-21-11-10-20-44(45)51-49(52)32-24-22-31(23-25-32)33-26-29-46-39(30-33)37-27-28-43-47(48(37)53-46)38-16-6-9-19-42(38)50(43)40-17-7-4-14-35(40)36-15-5-8-18-41(36)50/h2,4-30H. The van der Waals surface area contributed by atoms with Crippen molar-refractivity contribution in [3.63, 3.8) is 0 Å². The molecule has 2 heterocycles. The van der Waals surface area contributed by atoms with Gasteiger partial charge in [-0.3, -0.25) is 4.57 Å². The molecular formula is C50H28N2O. The molecule has 1 spiro atoms. The molecule has 0 unspecified atom stereocenters. The first-order chi connectivity index (χ1) is 26.3. The van der Waals surface area contributed by atoms with Gasteiger partial charge in [-0.1, -0.05) is 140 Å². The van der Waals surface area contributed by atoms with Crippen LogP contribution >= 0.6 is 0 Å². The lowest BCUT2D eigenvalue weighted by molar-refractivity contribution is 0.669. The first kappa shape index (κ1) is 28.5. The summed E-state index contributed by atoms with van der Waals surface area (Å²) in [6.07, 6.45) is 0. The number of rotatable bonds is 3. The summed E-state index contributed by atoms with van der Waals surface area (Å²) in [4.78, 5) is 5.05. The van der Waals surface area contributed by atoms with Crippen LogP contribution in [0.1, 0.15) is 22.3 Å². The summed E-state index contributed by atoms with van der Waals surface area (Å²) in [6.45, 7) is 0. The van der Waals surface area contributed by atoms with Crippen LogP contribution in [0.2, 0.25) is 0 Å². The number of nitrogens with zero attached hydrogens (tertiary/aromatic N) is 2. The first-order valence-electron chi connectivity index (χ1n) is 18.0. The Morgan fingerprint density at radius 3 is 1.94 bits per heavy atom. The zero-order chi connectivity index (χ0) is 34.7. The number of benzene rings is 7. The molecular weight excluding hydrogens is 645 g/mol. The quantitative estimate of drug-likeness (QED) is 0.187. The molecule has 0 saturated carbocycles. The molecule has 0 aliphatic heterocycles. The number of aromatic nitrogens is 2. The average molecular weight is 673 g/mol. The zero-order valence-corrected chi connectivity index (χ0v) is 28.5. The van der Waals surface area contributed by atoms with Gasteiger partial charge in [0.05, 0.1) is 22.1 Å². The Morgan fingerprint density at radius 1 is 0.528 bits per heavy atom. The zero-order valence-electron chi connectivity index (χ0n) is 28.5. The monoisotopic (exact) mass is 672 g/mol. The molecule has 8 aromatic carbocycles. The van der Waals surface area contributed by atoms with Crippen LogP contribution in [-0.2, 0) is 5.41 Å². The van der Waals surface area contributed by atoms with E-state index in [9.17, 15) is 0 Å². The summed E-state index contributed by atoms with van der Waals surface area (Å²) in [5.41, 5.74) is 18.1. The molecule has 2 aliphatic carbocycles. The van der Waals surface area contributed by atoms with Crippen molar-refractivity contribution in [1.82, 2.24) is 9.55 Å². The van der Waals surface area contributed by atoms with E-state index in [2.05, 4.69) is 162 Å². The third-order valence-corrected chi connectivity index (χ3v) is 11.5. The molecule has 0 atom stereocenters. The second kappa shape index (κ2) is 10.4. The molecule has 0 fully saturated rings. The van der Waals surface area contributed by atoms with Crippen LogP contribution < -0.4 is 0 Å². The van der Waals surface area contributed by atoms with Crippen LogP contribution in [0.3, 0.4) is 0 Å². The Bertz CT molecular complexity index is 3060. The minimum absolute atomic E-state index is 0.392. The van der Waals surface area contributed by atoms with E-state index >= 15 is 0 Å². The average Bonchev–Trinajstić information content (AvgIpc) is 3.96. The second-order valence-corrected chi connectivity index (χ2v) is 14.1. The van der Waals surface area contributed by atoms with Gasteiger partial charge >= 0.3 is 0 Å². The van der Waals surface area contributed by atoms with Crippen LogP contribution in [0.5, 0.6) is 0 Å². The highest BCUT2D eigenvalue weighted by Crippen LogP contribution is 2.64. The summed E-state index contributed by atoms with van der Waals surface area (Å²) in [5, 5.41) is 2.25. The molecule has 3 nitrogen and oxygen atoms in total. The van der Waals surface area contributed by atoms with Crippen molar-refractivity contribution in [3.8, 4) is 50.5 Å². The van der Waals surface area contributed by atoms with Gasteiger partial charge in [-0.25, -0.2) is 4.98 Å². The van der Waals surface area contributed by atoms with Crippen molar-refractivity contribution in [3.05, 3.63) is 204 Å². The molecule has 2 aromatic heterocycles. The Kier molecular flexibility index (Phi) is 5.63. The van der Waals surface area contributed by atoms with Crippen LogP contribution in [0.15, 0.2) is 174 Å². The van der Waals surface area contributed by atoms with Crippen LogP contribution in [-0.4, -0.2) is 9.55 Å². The van der Waals surface area contributed by atoms with Crippen molar-refractivity contribution in [2.24, 2.45) is 0 Å². The van der Waals surface area contributed by atoms with Gasteiger partial charge in [0.25, 0.3) is 0 Å². The Morgan fingerprint density at radius 2 is 1.19 bits per heavy atom. The van der Waals surface area contributed by atoms with E-state index in [0.717, 1.165) is 61.2 Å². The number of hydrogen-bond acceptors (Lipinski definition) is 2. The van der Waals surface area contributed by atoms with Gasteiger partial charge in [0, 0.05) is 28.0 Å². The molecule has 0 radical (unpaired) electrons. The number of furan rings is 1. The Balaban J connectivity index is 1.01. The fourth-order valence-corrected chi connectivity index (χ4v) is 9.36. The molecule has 0 saturated heterocycles. The molecule has 53 heavy (non-hydrogen) atoms. The smallest absolute Gasteiger partial charge is 0.145 e. The van der Waals surface area contributed by atoms with Gasteiger partial charge in [0.1, 0.15) is 17.0 Å². The maximum absolute atomic E-state index is 6.87. The van der Waals surface area contributed by atoms with Crippen LogP contribution in [0, 0.1) is 12.1 Å². The van der Waals surface area contributed by atoms with Gasteiger partial charge in [0.2, 0.25) is 0 Å². The molecule has 12 rings (SSSR count). The number of para-hydroxylation sites is 2. The lowest BCUT2D eigenvalue weighted by Gasteiger charge is -2.30. The normalized spacial score (nSPS) is 13.3. The number of hydrogen-bond donors (Lipinski definition) is 0. The highest BCUT2D eigenvalue weighted by Gasteiger charge is 2.52. The summed E-state index contributed by atoms with van der Waals surface area (Å²) in [6, 6.07) is 67.0. The summed E-state index contributed by atoms with van der Waals surface area (Å²) in [5.74, 6) is 0.896. The molecule has 0 N–H and O–H groups in total. The largest absolute Gasteiger partial charge is 0.455 e. The van der Waals surface area contributed by atoms with Gasteiger partial charge in [0.15, 0.2) is 0 Å². The predicted octanol–water partition coefficient (Wildman–Crippen LogP) is 12.2. The topological polar surface area (TPSA) is 31.0 Å². The van der Waals surface area contributed by atoms with E-state index in [-0.39, 0.29) is 0 Å². The second-order valence-electron chi connectivity index (χ2n) is 14.1. The lowest BCUT2D eigenvalue weighted by atomic mass is 9.70. The summed E-state index contributed by atoms with van der Waals surface area (Å²) in [7, 11) is 0.